The summed E-state index contributed by atoms with van der Waals surface area (Å²) >= 11 is 5.92. The van der Waals surface area contributed by atoms with Gasteiger partial charge in [0.2, 0.25) is 5.91 Å². The van der Waals surface area contributed by atoms with Crippen molar-refractivity contribution in [3.63, 3.8) is 0 Å². The van der Waals surface area contributed by atoms with Crippen LogP contribution in [0.1, 0.15) is 34.6 Å². The van der Waals surface area contributed by atoms with Gasteiger partial charge in [0, 0.05) is 41.7 Å². The molecule has 3 nitrogen and oxygen atoms in total. The lowest BCUT2D eigenvalue weighted by Gasteiger charge is -2.19. The van der Waals surface area contributed by atoms with Gasteiger partial charge in [0.05, 0.1) is 10.6 Å². The number of nitrogens with zero attached hydrogens (tertiary/aromatic N) is 1. The Morgan fingerprint density at radius 3 is 2.31 bits per heavy atom. The molecule has 0 bridgehead atoms. The molecule has 0 saturated carbocycles. The fourth-order valence-electron chi connectivity index (χ4n) is 4.77. The van der Waals surface area contributed by atoms with Crippen LogP contribution in [-0.2, 0) is 17.5 Å². The number of carbonyl (C=O) groups is 1. The van der Waals surface area contributed by atoms with Crippen molar-refractivity contribution in [3.8, 4) is 0 Å². The van der Waals surface area contributed by atoms with Gasteiger partial charge in [-0.05, 0) is 59.2 Å². The Morgan fingerprint density at radius 2 is 1.59 bits per heavy atom. The summed E-state index contributed by atoms with van der Waals surface area (Å²) in [6.07, 6.45) is -2.89. The molecule has 1 N–H and O–H groups in total. The molecule has 0 unspecified atom stereocenters. The number of hydrogen-bond donors (Lipinski definition) is 1. The van der Waals surface area contributed by atoms with Crippen LogP contribution >= 0.6 is 11.6 Å². The summed E-state index contributed by atoms with van der Waals surface area (Å²) in [5.41, 5.74) is 2.35. The molecule has 39 heavy (non-hydrogen) atoms. The average Bonchev–Trinajstić information content (AvgIpc) is 3.27. The van der Waals surface area contributed by atoms with E-state index in [9.17, 15) is 22.4 Å². The van der Waals surface area contributed by atoms with Crippen molar-refractivity contribution in [2.75, 3.05) is 5.32 Å². The van der Waals surface area contributed by atoms with E-state index in [1.54, 1.807) is 36.4 Å². The molecule has 1 amide bonds. The first-order valence-electron chi connectivity index (χ1n) is 12.2. The summed E-state index contributed by atoms with van der Waals surface area (Å²) in [6.45, 7) is 0.415. The fourth-order valence-corrected chi connectivity index (χ4v) is 5.00. The molecule has 0 aliphatic heterocycles. The number of anilines is 1. The van der Waals surface area contributed by atoms with Crippen LogP contribution in [0.2, 0.25) is 5.02 Å². The molecular weight excluding hydrogens is 528 g/mol. The third-order valence-corrected chi connectivity index (χ3v) is 6.94. The molecule has 1 atom stereocenters. The second kappa shape index (κ2) is 10.9. The number of aromatic nitrogens is 1. The molecule has 0 radical (unpaired) electrons. The van der Waals surface area contributed by atoms with E-state index in [4.69, 9.17) is 11.6 Å². The van der Waals surface area contributed by atoms with E-state index in [-0.39, 0.29) is 18.1 Å². The minimum Gasteiger partial charge on any atom is -0.343 e. The largest absolute Gasteiger partial charge is 0.417 e. The summed E-state index contributed by atoms with van der Waals surface area (Å²) in [5, 5.41) is 3.24. The van der Waals surface area contributed by atoms with E-state index in [0.717, 1.165) is 22.5 Å². The standard InChI is InChI=1S/C31H23ClF4N2O/c32-28-15-12-21(16-27(28)31(34,35)36)25(17-30(39)37-23-6-2-1-3-7-23)26-19-38(29-9-5-4-8-24(26)29)18-20-10-13-22(33)14-11-20/h1-16,19,25H,17-18H2,(H,37,39)/t25-/m1/s1. The Bertz CT molecular complexity index is 1610. The normalized spacial score (nSPS) is 12.4. The highest BCUT2D eigenvalue weighted by Gasteiger charge is 2.34. The van der Waals surface area contributed by atoms with Crippen LogP contribution in [0, 0.1) is 5.82 Å². The fraction of sp³-hybridized carbons (Fsp3) is 0.129. The summed E-state index contributed by atoms with van der Waals surface area (Å²) in [4.78, 5) is 13.2. The van der Waals surface area contributed by atoms with Gasteiger partial charge in [-0.3, -0.25) is 4.79 Å². The van der Waals surface area contributed by atoms with Crippen LogP contribution in [0.15, 0.2) is 103 Å². The van der Waals surface area contributed by atoms with Crippen molar-refractivity contribution in [2.45, 2.75) is 25.1 Å². The van der Waals surface area contributed by atoms with Crippen molar-refractivity contribution >= 4 is 34.1 Å². The number of halogens is 5. The zero-order chi connectivity index (χ0) is 27.6. The van der Waals surface area contributed by atoms with E-state index >= 15 is 0 Å². The molecule has 0 aliphatic carbocycles. The minimum atomic E-state index is -4.65. The first-order chi connectivity index (χ1) is 18.7. The number of para-hydroxylation sites is 2. The maximum atomic E-state index is 13.8. The van der Waals surface area contributed by atoms with Gasteiger partial charge in [-0.25, -0.2) is 4.39 Å². The lowest BCUT2D eigenvalue weighted by molar-refractivity contribution is -0.137. The lowest BCUT2D eigenvalue weighted by atomic mass is 9.87. The predicted octanol–water partition coefficient (Wildman–Crippen LogP) is 8.66. The highest BCUT2D eigenvalue weighted by Crippen LogP contribution is 2.40. The number of amides is 1. The molecule has 4 aromatic carbocycles. The summed E-state index contributed by atoms with van der Waals surface area (Å²) in [7, 11) is 0. The minimum absolute atomic E-state index is 0.0988. The van der Waals surface area contributed by atoms with Gasteiger partial charge in [-0.1, -0.05) is 66.2 Å². The van der Waals surface area contributed by atoms with Gasteiger partial charge < -0.3 is 9.88 Å². The van der Waals surface area contributed by atoms with Crippen LogP contribution in [0.3, 0.4) is 0 Å². The van der Waals surface area contributed by atoms with Gasteiger partial charge >= 0.3 is 6.18 Å². The summed E-state index contributed by atoms with van der Waals surface area (Å²) in [5.74, 6) is -1.39. The molecule has 1 aromatic heterocycles. The summed E-state index contributed by atoms with van der Waals surface area (Å²) in [6, 6.07) is 26.3. The van der Waals surface area contributed by atoms with Gasteiger partial charge in [0.1, 0.15) is 5.82 Å². The number of benzene rings is 4. The number of fused-ring (bicyclic) bond motifs is 1. The Balaban J connectivity index is 1.60. The van der Waals surface area contributed by atoms with Crippen molar-refractivity contribution in [3.05, 3.63) is 136 Å². The monoisotopic (exact) mass is 550 g/mol. The van der Waals surface area contributed by atoms with Crippen LogP contribution in [0.25, 0.3) is 10.9 Å². The number of carbonyl (C=O) groups excluding carboxylic acids is 1. The van der Waals surface area contributed by atoms with Crippen LogP contribution < -0.4 is 5.32 Å². The van der Waals surface area contributed by atoms with Crippen molar-refractivity contribution in [2.24, 2.45) is 0 Å². The lowest BCUT2D eigenvalue weighted by Crippen LogP contribution is -2.17. The molecule has 8 heteroatoms. The van der Waals surface area contributed by atoms with Gasteiger partial charge in [0.25, 0.3) is 0 Å². The molecule has 198 valence electrons. The van der Waals surface area contributed by atoms with Gasteiger partial charge in [-0.15, -0.1) is 0 Å². The van der Waals surface area contributed by atoms with E-state index in [2.05, 4.69) is 5.32 Å². The topological polar surface area (TPSA) is 34.0 Å². The van der Waals surface area contributed by atoms with Crippen molar-refractivity contribution in [1.82, 2.24) is 4.57 Å². The molecule has 1 heterocycles. The number of nitrogens with one attached hydrogen (secondary N) is 1. The molecule has 0 saturated heterocycles. The highest BCUT2D eigenvalue weighted by molar-refractivity contribution is 6.31. The Hall–Kier alpha value is -4.10. The first-order valence-corrected chi connectivity index (χ1v) is 12.6. The third-order valence-electron chi connectivity index (χ3n) is 6.61. The highest BCUT2D eigenvalue weighted by atomic mass is 35.5. The van der Waals surface area contributed by atoms with Crippen LogP contribution in [0.4, 0.5) is 23.2 Å². The predicted molar refractivity (Wildman–Crippen MR) is 145 cm³/mol. The van der Waals surface area contributed by atoms with Crippen molar-refractivity contribution in [1.29, 1.82) is 0 Å². The quantitative estimate of drug-likeness (QED) is 0.202. The van der Waals surface area contributed by atoms with Gasteiger partial charge in [-0.2, -0.15) is 13.2 Å². The average molecular weight is 551 g/mol. The van der Waals surface area contributed by atoms with Crippen LogP contribution in [0.5, 0.6) is 0 Å². The van der Waals surface area contributed by atoms with E-state index in [1.807, 2.05) is 41.1 Å². The molecule has 0 fully saturated rings. The Kier molecular flexibility index (Phi) is 7.44. The first kappa shape index (κ1) is 26.5. The molecule has 5 aromatic rings. The maximum absolute atomic E-state index is 13.8. The third kappa shape index (κ3) is 5.99. The SMILES string of the molecule is O=C(C[C@H](c1ccc(Cl)c(C(F)(F)F)c1)c1cn(Cc2ccc(F)cc2)c2ccccc12)Nc1ccccc1. The molecule has 0 spiro atoms. The number of rotatable bonds is 7. The molecule has 0 aliphatic rings. The van der Waals surface area contributed by atoms with Crippen LogP contribution in [-0.4, -0.2) is 10.5 Å². The molecule has 5 rings (SSSR count). The van der Waals surface area contributed by atoms with E-state index < -0.39 is 22.7 Å². The second-order valence-corrected chi connectivity index (χ2v) is 9.67. The summed E-state index contributed by atoms with van der Waals surface area (Å²) < 4.78 is 56.8. The van der Waals surface area contributed by atoms with E-state index in [0.29, 0.717) is 23.4 Å². The number of alkyl halides is 3. The zero-order valence-corrected chi connectivity index (χ0v) is 21.3. The van der Waals surface area contributed by atoms with Gasteiger partial charge in [0.15, 0.2) is 0 Å². The smallest absolute Gasteiger partial charge is 0.343 e. The Labute approximate surface area is 227 Å². The maximum Gasteiger partial charge on any atom is 0.417 e. The van der Waals surface area contributed by atoms with Crippen molar-refractivity contribution < 1.29 is 22.4 Å². The Morgan fingerprint density at radius 1 is 0.897 bits per heavy atom. The molecular formula is C31H23ClF4N2O. The number of hydrogen-bond acceptors (Lipinski definition) is 1. The second-order valence-electron chi connectivity index (χ2n) is 9.26. The van der Waals surface area contributed by atoms with E-state index in [1.165, 1.54) is 24.3 Å². The zero-order valence-electron chi connectivity index (χ0n) is 20.6.